The number of carboxylic acids is 1. The molecule has 1 saturated carbocycles. The zero-order valence-electron chi connectivity index (χ0n) is 11.2. The molecule has 0 bridgehead atoms. The predicted molar refractivity (Wildman–Crippen MR) is 75.7 cm³/mol. The summed E-state index contributed by atoms with van der Waals surface area (Å²) >= 11 is 6.03. The third-order valence-corrected chi connectivity index (χ3v) is 4.22. The van der Waals surface area contributed by atoms with Crippen LogP contribution in [-0.2, 0) is 16.1 Å². The second-order valence-electron chi connectivity index (χ2n) is 5.42. The maximum absolute atomic E-state index is 10.9. The van der Waals surface area contributed by atoms with Gasteiger partial charge >= 0.3 is 5.97 Å². The Morgan fingerprint density at radius 3 is 2.60 bits per heavy atom. The zero-order chi connectivity index (χ0) is 14.6. The fraction of sp³-hybridized carbons (Fsp3) is 0.533. The molecule has 5 heteroatoms. The number of benzene rings is 1. The van der Waals surface area contributed by atoms with Gasteiger partial charge in [-0.15, -0.1) is 0 Å². The molecule has 0 aromatic heterocycles. The Morgan fingerprint density at radius 2 is 2.00 bits per heavy atom. The van der Waals surface area contributed by atoms with Gasteiger partial charge in [-0.25, -0.2) is 0 Å². The zero-order valence-corrected chi connectivity index (χ0v) is 12.0. The molecule has 1 aliphatic rings. The highest BCUT2D eigenvalue weighted by Crippen LogP contribution is 2.32. The molecule has 2 rings (SSSR count). The summed E-state index contributed by atoms with van der Waals surface area (Å²) in [5.41, 5.74) is -0.0234. The van der Waals surface area contributed by atoms with Gasteiger partial charge in [0, 0.05) is 5.02 Å². The van der Waals surface area contributed by atoms with Gasteiger partial charge in [0.05, 0.1) is 24.7 Å². The van der Waals surface area contributed by atoms with Gasteiger partial charge in [-0.3, -0.25) is 4.79 Å². The summed E-state index contributed by atoms with van der Waals surface area (Å²) in [6.45, 7) is 0.564. The van der Waals surface area contributed by atoms with E-state index in [-0.39, 0.29) is 12.5 Å². The minimum atomic E-state index is -0.910. The first-order valence-corrected chi connectivity index (χ1v) is 7.14. The summed E-state index contributed by atoms with van der Waals surface area (Å²) in [4.78, 5) is 10.9. The SMILES string of the molecule is O=C(O)C1CCC(O)(COCc2ccccc2Cl)CC1. The number of carbonyl (C=O) groups is 1. The van der Waals surface area contributed by atoms with Crippen molar-refractivity contribution >= 4 is 17.6 Å². The number of hydrogen-bond acceptors (Lipinski definition) is 3. The van der Waals surface area contributed by atoms with Crippen LogP contribution in [0.4, 0.5) is 0 Å². The molecular formula is C15H19ClO4. The molecule has 0 amide bonds. The first-order valence-electron chi connectivity index (χ1n) is 6.76. The predicted octanol–water partition coefficient (Wildman–Crippen LogP) is 2.86. The van der Waals surface area contributed by atoms with E-state index in [4.69, 9.17) is 21.4 Å². The largest absolute Gasteiger partial charge is 0.481 e. The van der Waals surface area contributed by atoms with Gasteiger partial charge in [-0.2, -0.15) is 0 Å². The van der Waals surface area contributed by atoms with E-state index >= 15 is 0 Å². The molecule has 0 aliphatic heterocycles. The van der Waals surface area contributed by atoms with Gasteiger partial charge in [0.1, 0.15) is 0 Å². The average Bonchev–Trinajstić information content (AvgIpc) is 2.41. The molecule has 0 heterocycles. The summed E-state index contributed by atoms with van der Waals surface area (Å²) in [6.07, 6.45) is 1.93. The van der Waals surface area contributed by atoms with Crippen LogP contribution in [0.15, 0.2) is 24.3 Å². The lowest BCUT2D eigenvalue weighted by atomic mass is 9.79. The molecule has 4 nitrogen and oxygen atoms in total. The highest BCUT2D eigenvalue weighted by Gasteiger charge is 2.35. The highest BCUT2D eigenvalue weighted by molar-refractivity contribution is 6.31. The smallest absolute Gasteiger partial charge is 0.306 e. The maximum atomic E-state index is 10.9. The molecular weight excluding hydrogens is 280 g/mol. The normalized spacial score (nSPS) is 26.4. The first-order chi connectivity index (χ1) is 9.50. The van der Waals surface area contributed by atoms with E-state index in [1.54, 1.807) is 6.07 Å². The lowest BCUT2D eigenvalue weighted by Gasteiger charge is -2.34. The highest BCUT2D eigenvalue weighted by atomic mass is 35.5. The van der Waals surface area contributed by atoms with Crippen LogP contribution in [0.25, 0.3) is 0 Å². The summed E-state index contributed by atoms with van der Waals surface area (Å²) in [6, 6.07) is 7.42. The van der Waals surface area contributed by atoms with Gasteiger partial charge in [-0.1, -0.05) is 29.8 Å². The van der Waals surface area contributed by atoms with Gasteiger partial charge < -0.3 is 14.9 Å². The van der Waals surface area contributed by atoms with Crippen molar-refractivity contribution in [3.8, 4) is 0 Å². The van der Waals surface area contributed by atoms with Crippen LogP contribution in [0.1, 0.15) is 31.2 Å². The standard InChI is InChI=1S/C15H19ClO4/c16-13-4-2-1-3-12(13)9-20-10-15(19)7-5-11(6-8-15)14(17)18/h1-4,11,19H,5-10H2,(H,17,18). The Hall–Kier alpha value is -1.10. The Labute approximate surface area is 123 Å². The lowest BCUT2D eigenvalue weighted by molar-refractivity contribution is -0.146. The number of ether oxygens (including phenoxy) is 1. The number of aliphatic hydroxyl groups is 1. The van der Waals surface area contributed by atoms with E-state index in [9.17, 15) is 9.90 Å². The maximum Gasteiger partial charge on any atom is 0.306 e. The molecule has 0 spiro atoms. The molecule has 0 radical (unpaired) electrons. The van der Waals surface area contributed by atoms with Crippen LogP contribution >= 0.6 is 11.6 Å². The monoisotopic (exact) mass is 298 g/mol. The molecule has 0 atom stereocenters. The minimum absolute atomic E-state index is 0.213. The number of halogens is 1. The van der Waals surface area contributed by atoms with Crippen molar-refractivity contribution in [2.24, 2.45) is 5.92 Å². The van der Waals surface area contributed by atoms with E-state index in [1.807, 2.05) is 18.2 Å². The Bertz CT molecular complexity index is 467. The average molecular weight is 299 g/mol. The van der Waals surface area contributed by atoms with E-state index in [2.05, 4.69) is 0 Å². The second-order valence-corrected chi connectivity index (χ2v) is 5.83. The van der Waals surface area contributed by atoms with Gasteiger partial charge in [0.25, 0.3) is 0 Å². The van der Waals surface area contributed by atoms with Crippen LogP contribution in [0.2, 0.25) is 5.02 Å². The van der Waals surface area contributed by atoms with Crippen molar-refractivity contribution in [1.29, 1.82) is 0 Å². The molecule has 0 saturated heterocycles. The number of aliphatic carboxylic acids is 1. The van der Waals surface area contributed by atoms with Gasteiger partial charge in [0.15, 0.2) is 0 Å². The van der Waals surface area contributed by atoms with Crippen LogP contribution in [0, 0.1) is 5.92 Å². The molecule has 2 N–H and O–H groups in total. The summed E-state index contributed by atoms with van der Waals surface area (Å²) in [5.74, 6) is -1.11. The lowest BCUT2D eigenvalue weighted by Crippen LogP contribution is -2.40. The molecule has 1 aliphatic carbocycles. The number of hydrogen-bond donors (Lipinski definition) is 2. The van der Waals surface area contributed by atoms with E-state index in [0.29, 0.717) is 37.3 Å². The summed E-state index contributed by atoms with van der Waals surface area (Å²) in [7, 11) is 0. The Morgan fingerprint density at radius 1 is 1.35 bits per heavy atom. The molecule has 20 heavy (non-hydrogen) atoms. The third kappa shape index (κ3) is 3.95. The fourth-order valence-corrected chi connectivity index (χ4v) is 2.70. The van der Waals surface area contributed by atoms with Gasteiger partial charge in [-0.05, 0) is 37.3 Å². The minimum Gasteiger partial charge on any atom is -0.481 e. The first kappa shape index (κ1) is 15.3. The molecule has 1 aromatic rings. The van der Waals surface area contributed by atoms with Gasteiger partial charge in [0.2, 0.25) is 0 Å². The van der Waals surface area contributed by atoms with Crippen molar-refractivity contribution in [2.75, 3.05) is 6.61 Å². The van der Waals surface area contributed by atoms with E-state index in [0.717, 1.165) is 5.56 Å². The van der Waals surface area contributed by atoms with E-state index < -0.39 is 11.6 Å². The fourth-order valence-electron chi connectivity index (χ4n) is 2.51. The summed E-state index contributed by atoms with van der Waals surface area (Å²) < 4.78 is 5.56. The van der Waals surface area contributed by atoms with E-state index in [1.165, 1.54) is 0 Å². The molecule has 1 aromatic carbocycles. The van der Waals surface area contributed by atoms with Crippen LogP contribution < -0.4 is 0 Å². The second kappa shape index (κ2) is 6.57. The van der Waals surface area contributed by atoms with Crippen LogP contribution in [0.3, 0.4) is 0 Å². The Kier molecular flexibility index (Phi) is 5.02. The molecule has 110 valence electrons. The Balaban J connectivity index is 1.80. The van der Waals surface area contributed by atoms with Crippen molar-refractivity contribution in [1.82, 2.24) is 0 Å². The molecule has 1 fully saturated rings. The van der Waals surface area contributed by atoms with Crippen molar-refractivity contribution in [3.63, 3.8) is 0 Å². The van der Waals surface area contributed by atoms with Crippen molar-refractivity contribution in [2.45, 2.75) is 37.9 Å². The third-order valence-electron chi connectivity index (χ3n) is 3.85. The van der Waals surface area contributed by atoms with Crippen LogP contribution in [0.5, 0.6) is 0 Å². The van der Waals surface area contributed by atoms with Crippen molar-refractivity contribution in [3.05, 3.63) is 34.9 Å². The molecule has 0 unspecified atom stereocenters. The quantitative estimate of drug-likeness (QED) is 0.877. The van der Waals surface area contributed by atoms with Crippen LogP contribution in [-0.4, -0.2) is 28.4 Å². The number of carboxylic acid groups (broad SMARTS) is 1. The number of rotatable bonds is 5. The topological polar surface area (TPSA) is 66.8 Å². The summed E-state index contributed by atoms with van der Waals surface area (Å²) in [5, 5.41) is 20.0. The van der Waals surface area contributed by atoms with Crippen molar-refractivity contribution < 1.29 is 19.7 Å².